The average Bonchev–Trinajstić information content (AvgIpc) is 2.46. The minimum atomic E-state index is -0.0479. The van der Waals surface area contributed by atoms with Crippen molar-refractivity contribution in [3.8, 4) is 0 Å². The van der Waals surface area contributed by atoms with Gasteiger partial charge in [-0.15, -0.1) is 0 Å². The van der Waals surface area contributed by atoms with Crippen LogP contribution in [0.5, 0.6) is 0 Å². The highest BCUT2D eigenvalue weighted by atomic mass is 16.1. The van der Waals surface area contributed by atoms with Crippen LogP contribution in [0.15, 0.2) is 54.6 Å². The van der Waals surface area contributed by atoms with Crippen LogP contribution in [0.1, 0.15) is 40.9 Å². The van der Waals surface area contributed by atoms with Crippen LogP contribution < -0.4 is 5.32 Å². The fourth-order valence-corrected chi connectivity index (χ4v) is 2.94. The number of aryl methyl sites for hydroxylation is 1. The summed E-state index contributed by atoms with van der Waals surface area (Å²) in [7, 11) is 0. The Labute approximate surface area is 131 Å². The molecule has 0 unspecified atom stereocenters. The zero-order valence-electron chi connectivity index (χ0n) is 13.3. The van der Waals surface area contributed by atoms with Gasteiger partial charge in [-0.2, -0.15) is 0 Å². The van der Waals surface area contributed by atoms with E-state index in [-0.39, 0.29) is 11.3 Å². The Morgan fingerprint density at radius 3 is 2.50 bits per heavy atom. The van der Waals surface area contributed by atoms with Crippen LogP contribution in [0.2, 0.25) is 0 Å². The summed E-state index contributed by atoms with van der Waals surface area (Å²) in [6, 6.07) is 16.0. The molecule has 2 aromatic rings. The number of nitrogens with one attached hydrogen (secondary N) is 1. The number of fused-ring (bicyclic) bond motifs is 1. The maximum absolute atomic E-state index is 12.5. The van der Waals surface area contributed by atoms with Gasteiger partial charge in [0.05, 0.1) is 0 Å². The number of hydrogen-bond donors (Lipinski definition) is 1. The zero-order valence-corrected chi connectivity index (χ0v) is 13.3. The first-order valence-corrected chi connectivity index (χ1v) is 7.64. The van der Waals surface area contributed by atoms with Crippen LogP contribution in [0.3, 0.4) is 0 Å². The molecule has 0 spiro atoms. The summed E-state index contributed by atoms with van der Waals surface area (Å²) >= 11 is 0. The van der Waals surface area contributed by atoms with E-state index in [1.165, 1.54) is 5.56 Å². The molecule has 0 saturated heterocycles. The molecule has 0 saturated carbocycles. The van der Waals surface area contributed by atoms with Crippen LogP contribution in [0.4, 0.5) is 0 Å². The van der Waals surface area contributed by atoms with Gasteiger partial charge in [-0.25, -0.2) is 0 Å². The molecule has 0 amide bonds. The first-order chi connectivity index (χ1) is 10.4. The van der Waals surface area contributed by atoms with E-state index in [1.807, 2.05) is 37.3 Å². The van der Waals surface area contributed by atoms with Crippen LogP contribution >= 0.6 is 0 Å². The van der Waals surface area contributed by atoms with Crippen LogP contribution in [-0.4, -0.2) is 11.3 Å². The second-order valence-corrected chi connectivity index (χ2v) is 6.63. The minimum Gasteiger partial charge on any atom is -0.379 e. The largest absolute Gasteiger partial charge is 0.379 e. The van der Waals surface area contributed by atoms with Gasteiger partial charge in [0.25, 0.3) is 0 Å². The van der Waals surface area contributed by atoms with Gasteiger partial charge in [0, 0.05) is 28.4 Å². The topological polar surface area (TPSA) is 29.1 Å². The average molecular weight is 291 g/mol. The molecule has 3 rings (SSSR count). The zero-order chi connectivity index (χ0) is 15.7. The molecule has 22 heavy (non-hydrogen) atoms. The lowest BCUT2D eigenvalue weighted by atomic mass is 9.85. The van der Waals surface area contributed by atoms with Gasteiger partial charge in [-0.1, -0.05) is 54.1 Å². The molecule has 0 radical (unpaired) electrons. The third-order valence-electron chi connectivity index (χ3n) is 4.02. The molecular weight excluding hydrogens is 270 g/mol. The molecule has 1 N–H and O–H groups in total. The Bertz CT molecular complexity index is 739. The lowest BCUT2D eigenvalue weighted by molar-refractivity contribution is 0.104. The number of hydrogen-bond acceptors (Lipinski definition) is 2. The Morgan fingerprint density at radius 1 is 1.09 bits per heavy atom. The molecule has 0 bridgehead atoms. The molecule has 2 nitrogen and oxygen atoms in total. The number of ketones is 1. The minimum absolute atomic E-state index is 0.0370. The predicted octanol–water partition coefficient (Wildman–Crippen LogP) is 4.14. The van der Waals surface area contributed by atoms with E-state index in [0.29, 0.717) is 0 Å². The lowest BCUT2D eigenvalue weighted by Crippen LogP contribution is -2.43. The third-order valence-corrected chi connectivity index (χ3v) is 4.02. The number of carbonyl (C=O) groups excluding carboxylic acids is 1. The second kappa shape index (κ2) is 5.45. The summed E-state index contributed by atoms with van der Waals surface area (Å²) in [6.07, 6.45) is 2.68. The van der Waals surface area contributed by atoms with E-state index in [0.717, 1.165) is 28.8 Å². The van der Waals surface area contributed by atoms with Gasteiger partial charge in [-0.05, 0) is 32.8 Å². The van der Waals surface area contributed by atoms with Crippen molar-refractivity contribution >= 4 is 11.5 Å². The van der Waals surface area contributed by atoms with Crippen LogP contribution in [-0.2, 0) is 6.42 Å². The fourth-order valence-electron chi connectivity index (χ4n) is 2.94. The molecule has 0 fully saturated rings. The quantitative estimate of drug-likeness (QED) is 0.665. The number of carbonyl (C=O) groups is 1. The molecular formula is C20H21NO. The molecule has 112 valence electrons. The Morgan fingerprint density at radius 2 is 1.77 bits per heavy atom. The van der Waals surface area contributed by atoms with Gasteiger partial charge in [0.2, 0.25) is 0 Å². The summed E-state index contributed by atoms with van der Waals surface area (Å²) < 4.78 is 0. The lowest BCUT2D eigenvalue weighted by Gasteiger charge is -2.35. The van der Waals surface area contributed by atoms with Gasteiger partial charge >= 0.3 is 0 Å². The summed E-state index contributed by atoms with van der Waals surface area (Å²) in [6.45, 7) is 6.34. The van der Waals surface area contributed by atoms with Crippen molar-refractivity contribution in [3.63, 3.8) is 0 Å². The monoisotopic (exact) mass is 291 g/mol. The second-order valence-electron chi connectivity index (χ2n) is 6.63. The maximum Gasteiger partial charge on any atom is 0.187 e. The van der Waals surface area contributed by atoms with Crippen molar-refractivity contribution in [2.75, 3.05) is 0 Å². The number of rotatable bonds is 2. The van der Waals surface area contributed by atoms with Gasteiger partial charge < -0.3 is 5.32 Å². The van der Waals surface area contributed by atoms with Crippen molar-refractivity contribution in [2.45, 2.75) is 32.7 Å². The predicted molar refractivity (Wildman–Crippen MR) is 90.8 cm³/mol. The number of benzene rings is 2. The molecule has 2 heteroatoms. The SMILES string of the molecule is Cc1ccc(C(=O)C=C2NC(C)(C)Cc3ccccc32)cc1. The fraction of sp³-hybridized carbons (Fsp3) is 0.250. The van der Waals surface area contributed by atoms with Gasteiger partial charge in [-0.3, -0.25) is 4.79 Å². The van der Waals surface area contributed by atoms with Crippen molar-refractivity contribution in [3.05, 3.63) is 76.9 Å². The van der Waals surface area contributed by atoms with Crippen molar-refractivity contribution in [2.24, 2.45) is 0 Å². The standard InChI is InChI=1S/C20H21NO/c1-14-8-10-15(11-9-14)19(22)12-18-17-7-5-4-6-16(17)13-20(2,3)21-18/h4-12,21H,13H2,1-3H3. The molecule has 0 atom stereocenters. The third kappa shape index (κ3) is 2.96. The first kappa shape index (κ1) is 14.6. The van der Waals surface area contributed by atoms with E-state index in [2.05, 4.69) is 37.4 Å². The highest BCUT2D eigenvalue weighted by Crippen LogP contribution is 2.29. The van der Waals surface area contributed by atoms with E-state index < -0.39 is 0 Å². The van der Waals surface area contributed by atoms with Crippen LogP contribution in [0, 0.1) is 6.92 Å². The summed E-state index contributed by atoms with van der Waals surface area (Å²) in [5, 5.41) is 3.50. The van der Waals surface area contributed by atoms with Gasteiger partial charge in [0.1, 0.15) is 0 Å². The molecule has 1 aliphatic heterocycles. The molecule has 0 aliphatic carbocycles. The Hall–Kier alpha value is -2.35. The highest BCUT2D eigenvalue weighted by molar-refractivity contribution is 6.08. The maximum atomic E-state index is 12.5. The first-order valence-electron chi connectivity index (χ1n) is 7.64. The smallest absolute Gasteiger partial charge is 0.187 e. The molecule has 0 aromatic heterocycles. The van der Waals surface area contributed by atoms with Gasteiger partial charge in [0.15, 0.2) is 5.78 Å². The molecule has 2 aromatic carbocycles. The normalized spacial score (nSPS) is 17.7. The summed E-state index contributed by atoms with van der Waals surface area (Å²) in [5.74, 6) is 0.0370. The van der Waals surface area contributed by atoms with E-state index >= 15 is 0 Å². The van der Waals surface area contributed by atoms with E-state index in [9.17, 15) is 4.79 Å². The Kier molecular flexibility index (Phi) is 3.61. The van der Waals surface area contributed by atoms with E-state index in [1.54, 1.807) is 6.08 Å². The number of allylic oxidation sites excluding steroid dienone is 1. The summed E-state index contributed by atoms with van der Waals surface area (Å²) in [5.41, 5.74) is 5.16. The highest BCUT2D eigenvalue weighted by Gasteiger charge is 2.27. The molecule has 1 aliphatic rings. The van der Waals surface area contributed by atoms with Crippen molar-refractivity contribution in [1.82, 2.24) is 5.32 Å². The van der Waals surface area contributed by atoms with Crippen molar-refractivity contribution in [1.29, 1.82) is 0 Å². The Balaban J connectivity index is 1.99. The van der Waals surface area contributed by atoms with Crippen molar-refractivity contribution < 1.29 is 4.79 Å². The van der Waals surface area contributed by atoms with E-state index in [4.69, 9.17) is 0 Å². The molecule has 1 heterocycles. The van der Waals surface area contributed by atoms with Crippen LogP contribution in [0.25, 0.3) is 5.70 Å². The summed E-state index contributed by atoms with van der Waals surface area (Å²) in [4.78, 5) is 12.5.